The fraction of sp³-hybridized carbons (Fsp3) is 0.526. The number of guanidine groups is 1. The van der Waals surface area contributed by atoms with Gasteiger partial charge in [0.25, 0.3) is 0 Å². The third-order valence-corrected chi connectivity index (χ3v) is 4.82. The summed E-state index contributed by atoms with van der Waals surface area (Å²) in [5.74, 6) is 2.23. The second-order valence-corrected chi connectivity index (χ2v) is 7.06. The van der Waals surface area contributed by atoms with Gasteiger partial charge in [0.05, 0.1) is 6.54 Å². The first-order chi connectivity index (χ1) is 13.1. The highest BCUT2D eigenvalue weighted by molar-refractivity contribution is 14.0. The molecule has 0 aliphatic carbocycles. The molecule has 1 aromatic heterocycles. The van der Waals surface area contributed by atoms with Crippen LogP contribution in [-0.4, -0.2) is 60.3 Å². The molecule has 1 aliphatic heterocycles. The Morgan fingerprint density at radius 3 is 2.64 bits per heavy atom. The van der Waals surface area contributed by atoms with Crippen LogP contribution in [0, 0.1) is 13.8 Å². The molecule has 0 atom stereocenters. The van der Waals surface area contributed by atoms with Crippen LogP contribution in [0.15, 0.2) is 27.7 Å². The molecule has 0 saturated carbocycles. The van der Waals surface area contributed by atoms with Crippen LogP contribution in [0.4, 0.5) is 5.69 Å². The van der Waals surface area contributed by atoms with E-state index in [0.717, 1.165) is 43.7 Å². The van der Waals surface area contributed by atoms with Crippen molar-refractivity contribution in [3.05, 3.63) is 40.5 Å². The van der Waals surface area contributed by atoms with Gasteiger partial charge < -0.3 is 19.6 Å². The SMILES string of the molecule is CCNC(=NCCc1nc(C)no1)N1CCN(c2cc(Cl)ccc2C)CC1.I. The van der Waals surface area contributed by atoms with Crippen LogP contribution < -0.4 is 10.2 Å². The van der Waals surface area contributed by atoms with E-state index in [9.17, 15) is 0 Å². The van der Waals surface area contributed by atoms with Gasteiger partial charge >= 0.3 is 0 Å². The number of halogens is 2. The zero-order valence-corrected chi connectivity index (χ0v) is 19.7. The van der Waals surface area contributed by atoms with Gasteiger partial charge in [-0.25, -0.2) is 0 Å². The van der Waals surface area contributed by atoms with Gasteiger partial charge in [-0.3, -0.25) is 4.99 Å². The highest BCUT2D eigenvalue weighted by atomic mass is 127. The lowest BCUT2D eigenvalue weighted by atomic mass is 10.1. The predicted molar refractivity (Wildman–Crippen MR) is 124 cm³/mol. The first-order valence-electron chi connectivity index (χ1n) is 9.40. The number of aryl methyl sites for hydroxylation is 2. The van der Waals surface area contributed by atoms with Gasteiger partial charge in [0, 0.05) is 49.9 Å². The highest BCUT2D eigenvalue weighted by Crippen LogP contribution is 2.25. The summed E-state index contributed by atoms with van der Waals surface area (Å²) in [6.07, 6.45) is 0.650. The normalized spacial score (nSPS) is 14.8. The Kier molecular flexibility index (Phi) is 8.81. The lowest BCUT2D eigenvalue weighted by molar-refractivity contribution is 0.368. The molecule has 2 aromatic rings. The molecular formula is C19H28ClIN6O. The molecule has 1 saturated heterocycles. The molecule has 1 aliphatic rings. The number of nitrogens with zero attached hydrogens (tertiary/aromatic N) is 5. The first-order valence-corrected chi connectivity index (χ1v) is 9.78. The van der Waals surface area contributed by atoms with Crippen LogP contribution in [0.1, 0.15) is 24.2 Å². The Labute approximate surface area is 188 Å². The molecule has 0 amide bonds. The number of rotatable bonds is 5. The van der Waals surface area contributed by atoms with Crippen molar-refractivity contribution in [1.82, 2.24) is 20.4 Å². The van der Waals surface area contributed by atoms with Crippen molar-refractivity contribution < 1.29 is 4.52 Å². The van der Waals surface area contributed by atoms with Gasteiger partial charge in [0.2, 0.25) is 5.89 Å². The summed E-state index contributed by atoms with van der Waals surface area (Å²) < 4.78 is 5.15. The number of nitrogens with one attached hydrogen (secondary N) is 1. The average Bonchev–Trinajstić information content (AvgIpc) is 3.08. The molecule has 0 bridgehead atoms. The van der Waals surface area contributed by atoms with E-state index in [1.807, 2.05) is 13.0 Å². The van der Waals surface area contributed by atoms with Crippen molar-refractivity contribution in [3.63, 3.8) is 0 Å². The minimum Gasteiger partial charge on any atom is -0.368 e. The second-order valence-electron chi connectivity index (χ2n) is 6.63. The van der Waals surface area contributed by atoms with Crippen LogP contribution in [0.25, 0.3) is 0 Å². The average molecular weight is 519 g/mol. The van der Waals surface area contributed by atoms with Crippen molar-refractivity contribution in [1.29, 1.82) is 0 Å². The monoisotopic (exact) mass is 518 g/mol. The molecule has 0 unspecified atom stereocenters. The zero-order valence-electron chi connectivity index (χ0n) is 16.6. The van der Waals surface area contributed by atoms with Gasteiger partial charge in [-0.05, 0) is 38.5 Å². The van der Waals surface area contributed by atoms with Crippen molar-refractivity contribution in [3.8, 4) is 0 Å². The number of anilines is 1. The summed E-state index contributed by atoms with van der Waals surface area (Å²) in [7, 11) is 0. The topological polar surface area (TPSA) is 69.8 Å². The van der Waals surface area contributed by atoms with E-state index in [4.69, 9.17) is 21.1 Å². The fourth-order valence-corrected chi connectivity index (χ4v) is 3.37. The number of piperazine rings is 1. The quantitative estimate of drug-likeness (QED) is 0.372. The fourth-order valence-electron chi connectivity index (χ4n) is 3.21. The summed E-state index contributed by atoms with van der Waals surface area (Å²) >= 11 is 6.18. The number of hydrogen-bond donors (Lipinski definition) is 1. The maximum absolute atomic E-state index is 6.18. The molecule has 0 spiro atoms. The van der Waals surface area contributed by atoms with E-state index in [2.05, 4.69) is 51.2 Å². The molecular weight excluding hydrogens is 491 g/mol. The van der Waals surface area contributed by atoms with E-state index in [0.29, 0.717) is 24.7 Å². The Balaban J connectivity index is 0.00000280. The van der Waals surface area contributed by atoms with Crippen molar-refractivity contribution in [2.75, 3.05) is 44.2 Å². The lowest BCUT2D eigenvalue weighted by Crippen LogP contribution is -2.52. The summed E-state index contributed by atoms with van der Waals surface area (Å²) in [6, 6.07) is 6.07. The smallest absolute Gasteiger partial charge is 0.228 e. The molecule has 2 heterocycles. The minimum absolute atomic E-state index is 0. The summed E-state index contributed by atoms with van der Waals surface area (Å²) in [5, 5.41) is 7.99. The minimum atomic E-state index is 0. The molecule has 1 aromatic carbocycles. The van der Waals surface area contributed by atoms with E-state index in [-0.39, 0.29) is 24.0 Å². The van der Waals surface area contributed by atoms with Crippen LogP contribution >= 0.6 is 35.6 Å². The van der Waals surface area contributed by atoms with Crippen LogP contribution in [0.2, 0.25) is 5.02 Å². The van der Waals surface area contributed by atoms with Crippen molar-refractivity contribution in [2.45, 2.75) is 27.2 Å². The molecule has 1 N–H and O–H groups in total. The van der Waals surface area contributed by atoms with Gasteiger partial charge in [0.1, 0.15) is 0 Å². The zero-order chi connectivity index (χ0) is 19.2. The van der Waals surface area contributed by atoms with Crippen LogP contribution in [-0.2, 0) is 6.42 Å². The number of benzene rings is 1. The number of aliphatic imine (C=N–C) groups is 1. The van der Waals surface area contributed by atoms with Crippen molar-refractivity contribution in [2.24, 2.45) is 4.99 Å². The van der Waals surface area contributed by atoms with Crippen LogP contribution in [0.5, 0.6) is 0 Å². The largest absolute Gasteiger partial charge is 0.368 e. The maximum Gasteiger partial charge on any atom is 0.228 e. The molecule has 28 heavy (non-hydrogen) atoms. The standard InChI is InChI=1S/C19H27ClN6O.HI/c1-4-21-19(22-8-7-18-23-15(3)24-27-18)26-11-9-25(10-12-26)17-13-16(20)6-5-14(17)2;/h5-6,13H,4,7-12H2,1-3H3,(H,21,22);1H. The molecule has 1 fully saturated rings. The third-order valence-electron chi connectivity index (χ3n) is 4.58. The summed E-state index contributed by atoms with van der Waals surface area (Å²) in [4.78, 5) is 13.7. The van der Waals surface area contributed by atoms with E-state index in [1.54, 1.807) is 0 Å². The van der Waals surface area contributed by atoms with Crippen molar-refractivity contribution >= 4 is 47.2 Å². The maximum atomic E-state index is 6.18. The molecule has 0 radical (unpaired) electrons. The van der Waals surface area contributed by atoms with Gasteiger partial charge in [0.15, 0.2) is 11.8 Å². The molecule has 9 heteroatoms. The van der Waals surface area contributed by atoms with Gasteiger partial charge in [-0.15, -0.1) is 24.0 Å². The van der Waals surface area contributed by atoms with E-state index < -0.39 is 0 Å². The predicted octanol–water partition coefficient (Wildman–Crippen LogP) is 3.29. The number of hydrogen-bond acceptors (Lipinski definition) is 5. The van der Waals surface area contributed by atoms with E-state index in [1.165, 1.54) is 11.3 Å². The summed E-state index contributed by atoms with van der Waals surface area (Å²) in [6.45, 7) is 11.2. The Hall–Kier alpha value is -1.55. The Morgan fingerprint density at radius 1 is 1.25 bits per heavy atom. The van der Waals surface area contributed by atoms with Crippen LogP contribution in [0.3, 0.4) is 0 Å². The first kappa shape index (κ1) is 22.7. The third kappa shape index (κ3) is 5.97. The summed E-state index contributed by atoms with van der Waals surface area (Å²) in [5.41, 5.74) is 2.47. The molecule has 3 rings (SSSR count). The Morgan fingerprint density at radius 2 is 2.00 bits per heavy atom. The highest BCUT2D eigenvalue weighted by Gasteiger charge is 2.21. The Bertz CT molecular complexity index is 788. The lowest BCUT2D eigenvalue weighted by Gasteiger charge is -2.38. The second kappa shape index (κ2) is 10.8. The van der Waals surface area contributed by atoms with E-state index >= 15 is 0 Å². The number of aromatic nitrogens is 2. The van der Waals surface area contributed by atoms with Gasteiger partial charge in [-0.2, -0.15) is 4.98 Å². The molecule has 154 valence electrons. The van der Waals surface area contributed by atoms with Gasteiger partial charge in [-0.1, -0.05) is 22.8 Å². The molecule has 7 nitrogen and oxygen atoms in total.